The summed E-state index contributed by atoms with van der Waals surface area (Å²) in [6.45, 7) is 4.55. The van der Waals surface area contributed by atoms with Gasteiger partial charge in [-0.1, -0.05) is 147 Å². The molecule has 0 heterocycles. The van der Waals surface area contributed by atoms with E-state index >= 15 is 8.78 Å². The second-order valence-corrected chi connectivity index (χ2v) is 15.7. The third kappa shape index (κ3) is 6.34. The van der Waals surface area contributed by atoms with Crippen LogP contribution in [0, 0.1) is 11.6 Å². The minimum Gasteiger partial charge on any atom is -0.308 e. The summed E-state index contributed by atoms with van der Waals surface area (Å²) in [5.41, 5.74) is 12.4. The number of anilines is 6. The molecule has 0 radical (unpaired) electrons. The van der Waals surface area contributed by atoms with Crippen molar-refractivity contribution in [3.05, 3.63) is 229 Å². The Balaban J connectivity index is 1.05. The topological polar surface area (TPSA) is 6.48 Å². The van der Waals surface area contributed by atoms with Crippen molar-refractivity contribution in [3.63, 3.8) is 0 Å². The predicted octanol–water partition coefficient (Wildman–Crippen LogP) is 15.7. The minimum absolute atomic E-state index is 0.295. The van der Waals surface area contributed by atoms with Crippen LogP contribution in [0.3, 0.4) is 0 Å². The van der Waals surface area contributed by atoms with Gasteiger partial charge in [0.15, 0.2) is 0 Å². The quantitative estimate of drug-likeness (QED) is 0.152. The molecule has 0 atom stereocenters. The van der Waals surface area contributed by atoms with E-state index in [0.29, 0.717) is 11.4 Å². The minimum atomic E-state index is -0.377. The van der Waals surface area contributed by atoms with Crippen LogP contribution in [0.4, 0.5) is 42.9 Å². The molecule has 0 amide bonds. The smallest absolute Gasteiger partial charge is 0.147 e. The Morgan fingerprint density at radius 1 is 0.373 bits per heavy atom. The number of hydrogen-bond donors (Lipinski definition) is 0. The maximum atomic E-state index is 16.3. The average Bonchev–Trinajstić information content (AvgIpc) is 3.51. The van der Waals surface area contributed by atoms with Crippen molar-refractivity contribution < 1.29 is 8.78 Å². The van der Waals surface area contributed by atoms with Gasteiger partial charge in [-0.3, -0.25) is 0 Å². The lowest BCUT2D eigenvalue weighted by Crippen LogP contribution is -2.17. The molecule has 9 aromatic carbocycles. The monoisotopic (exact) mass is 766 g/mol. The van der Waals surface area contributed by atoms with E-state index in [0.717, 1.165) is 55.8 Å². The van der Waals surface area contributed by atoms with Crippen molar-refractivity contribution in [2.45, 2.75) is 19.3 Å². The molecule has 2 nitrogen and oxygen atoms in total. The molecular formula is C55H40F2N2. The van der Waals surface area contributed by atoms with E-state index in [1.54, 1.807) is 12.1 Å². The molecule has 0 unspecified atom stereocenters. The van der Waals surface area contributed by atoms with Crippen molar-refractivity contribution >= 4 is 44.9 Å². The Hall–Kier alpha value is -7.30. The van der Waals surface area contributed by atoms with Gasteiger partial charge in [0.2, 0.25) is 0 Å². The fourth-order valence-corrected chi connectivity index (χ4v) is 8.92. The first-order valence-corrected chi connectivity index (χ1v) is 20.0. The number of fused-ring (bicyclic) bond motifs is 5. The predicted molar refractivity (Wildman–Crippen MR) is 242 cm³/mol. The van der Waals surface area contributed by atoms with Crippen molar-refractivity contribution in [1.29, 1.82) is 0 Å². The number of hydrogen-bond acceptors (Lipinski definition) is 2. The van der Waals surface area contributed by atoms with Crippen LogP contribution >= 0.6 is 0 Å². The van der Waals surface area contributed by atoms with E-state index in [4.69, 9.17) is 0 Å². The molecule has 284 valence electrons. The van der Waals surface area contributed by atoms with Gasteiger partial charge in [-0.25, -0.2) is 8.78 Å². The second kappa shape index (κ2) is 14.6. The maximum absolute atomic E-state index is 16.3. The molecule has 0 aromatic heterocycles. The standard InChI is InChI=1S/C55H40F2N2/c1-55(2)49-36-45(59(43-21-13-6-14-22-43)53-32-25-40(35-51(53)57)38-17-9-4-10-18-38)27-30-47(49)48-28-23-41-33-44(26-29-46(41)54(48)55)58(42-19-11-5-12-20-42)52-31-24-39(34-50(52)56)37-15-7-3-8-16-37/h3-36H,1-2H3. The molecule has 59 heavy (non-hydrogen) atoms. The fraction of sp³-hybridized carbons (Fsp3) is 0.0545. The van der Waals surface area contributed by atoms with E-state index < -0.39 is 0 Å². The number of nitrogens with zero attached hydrogens (tertiary/aromatic N) is 2. The second-order valence-electron chi connectivity index (χ2n) is 15.7. The van der Waals surface area contributed by atoms with Crippen LogP contribution in [-0.4, -0.2) is 0 Å². The molecule has 0 spiro atoms. The van der Waals surface area contributed by atoms with E-state index in [1.165, 1.54) is 22.3 Å². The van der Waals surface area contributed by atoms with Gasteiger partial charge in [0.1, 0.15) is 11.6 Å². The molecule has 0 saturated heterocycles. The zero-order valence-electron chi connectivity index (χ0n) is 32.8. The van der Waals surface area contributed by atoms with Crippen LogP contribution in [0.2, 0.25) is 0 Å². The van der Waals surface area contributed by atoms with E-state index in [-0.39, 0.29) is 17.0 Å². The molecular weight excluding hydrogens is 727 g/mol. The van der Waals surface area contributed by atoms with Gasteiger partial charge < -0.3 is 9.80 Å². The highest BCUT2D eigenvalue weighted by molar-refractivity contribution is 6.00. The van der Waals surface area contributed by atoms with E-state index in [1.807, 2.05) is 155 Å². The molecule has 1 aliphatic rings. The summed E-state index contributed by atoms with van der Waals surface area (Å²) in [4.78, 5) is 4.00. The highest BCUT2D eigenvalue weighted by atomic mass is 19.1. The molecule has 0 N–H and O–H groups in total. The van der Waals surface area contributed by atoms with E-state index in [2.05, 4.69) is 62.4 Å². The Morgan fingerprint density at radius 2 is 0.831 bits per heavy atom. The molecule has 0 aliphatic heterocycles. The fourth-order valence-electron chi connectivity index (χ4n) is 8.92. The highest BCUT2D eigenvalue weighted by Gasteiger charge is 2.38. The molecule has 0 bridgehead atoms. The first-order chi connectivity index (χ1) is 28.8. The summed E-state index contributed by atoms with van der Waals surface area (Å²) in [5.74, 6) is -0.593. The summed E-state index contributed by atoms with van der Waals surface area (Å²) in [5, 5.41) is 2.21. The van der Waals surface area contributed by atoms with Gasteiger partial charge >= 0.3 is 0 Å². The molecule has 0 fully saturated rings. The first kappa shape index (κ1) is 36.1. The first-order valence-electron chi connectivity index (χ1n) is 20.0. The molecule has 1 aliphatic carbocycles. The zero-order chi connectivity index (χ0) is 40.1. The van der Waals surface area contributed by atoms with Crippen LogP contribution in [-0.2, 0) is 5.41 Å². The summed E-state index contributed by atoms with van der Waals surface area (Å²) < 4.78 is 32.6. The zero-order valence-corrected chi connectivity index (χ0v) is 32.8. The summed E-state index contributed by atoms with van der Waals surface area (Å²) in [6.07, 6.45) is 0. The maximum Gasteiger partial charge on any atom is 0.147 e. The third-order valence-corrected chi connectivity index (χ3v) is 11.7. The Morgan fingerprint density at radius 3 is 1.34 bits per heavy atom. The van der Waals surface area contributed by atoms with Gasteiger partial charge in [-0.2, -0.15) is 0 Å². The lowest BCUT2D eigenvalue weighted by atomic mass is 9.80. The van der Waals surface area contributed by atoms with Crippen molar-refractivity contribution in [2.75, 3.05) is 9.80 Å². The van der Waals surface area contributed by atoms with Crippen LogP contribution in [0.25, 0.3) is 44.2 Å². The van der Waals surface area contributed by atoms with Crippen molar-refractivity contribution in [3.8, 4) is 33.4 Å². The molecule has 9 aromatic rings. The van der Waals surface area contributed by atoms with Gasteiger partial charge in [0.25, 0.3) is 0 Å². The van der Waals surface area contributed by atoms with Gasteiger partial charge in [0.05, 0.1) is 11.4 Å². The lowest BCUT2D eigenvalue weighted by Gasteiger charge is -2.29. The van der Waals surface area contributed by atoms with Crippen LogP contribution in [0.1, 0.15) is 25.0 Å². The Labute approximate surface area is 343 Å². The van der Waals surface area contributed by atoms with Crippen LogP contribution in [0.5, 0.6) is 0 Å². The average molecular weight is 767 g/mol. The molecule has 4 heteroatoms. The Bertz CT molecular complexity index is 2980. The number of halogens is 2. The van der Waals surface area contributed by atoms with Crippen LogP contribution < -0.4 is 9.80 Å². The summed E-state index contributed by atoms with van der Waals surface area (Å²) >= 11 is 0. The highest BCUT2D eigenvalue weighted by Crippen LogP contribution is 2.53. The van der Waals surface area contributed by atoms with Gasteiger partial charge in [-0.05, 0) is 128 Å². The number of rotatable bonds is 8. The lowest BCUT2D eigenvalue weighted by molar-refractivity contribution is 0.629. The Kier molecular flexibility index (Phi) is 8.91. The largest absolute Gasteiger partial charge is 0.308 e. The normalized spacial score (nSPS) is 12.5. The molecule has 0 saturated carbocycles. The van der Waals surface area contributed by atoms with Crippen molar-refractivity contribution in [2.24, 2.45) is 0 Å². The number of benzene rings is 9. The van der Waals surface area contributed by atoms with Crippen molar-refractivity contribution in [1.82, 2.24) is 0 Å². The number of para-hydroxylation sites is 2. The third-order valence-electron chi connectivity index (χ3n) is 11.7. The summed E-state index contributed by atoms with van der Waals surface area (Å²) in [7, 11) is 0. The van der Waals surface area contributed by atoms with Gasteiger partial charge in [0, 0.05) is 28.2 Å². The van der Waals surface area contributed by atoms with E-state index in [9.17, 15) is 0 Å². The molecule has 10 rings (SSSR count). The SMILES string of the molecule is CC1(C)c2cc(N(c3ccccc3)c3ccc(-c4ccccc4)cc3F)ccc2-c2ccc3cc(N(c4ccccc4)c4ccc(-c5ccccc5)cc4F)ccc3c21. The summed E-state index contributed by atoms with van der Waals surface area (Å²) in [6, 6.07) is 68.1. The van der Waals surface area contributed by atoms with Gasteiger partial charge in [-0.15, -0.1) is 0 Å². The van der Waals surface area contributed by atoms with Crippen LogP contribution in [0.15, 0.2) is 206 Å².